The summed E-state index contributed by atoms with van der Waals surface area (Å²) in [5, 5.41) is 7.85. The first-order valence-electron chi connectivity index (χ1n) is 13.9. The molecule has 6 rings (SSSR count). The zero-order valence-electron chi connectivity index (χ0n) is 23.8. The predicted octanol–water partition coefficient (Wildman–Crippen LogP) is 5.06. The first-order chi connectivity index (χ1) is 20.8. The largest absolute Gasteiger partial charge is 0.402 e. The number of hydrogen-bond acceptors (Lipinski definition) is 6. The molecule has 3 aromatic heterocycles. The number of pyridine rings is 1. The normalized spacial score (nSPS) is 20.2. The molecular formula is C30H28F4N6O3S. The number of allylic oxidation sites excluding steroid dienone is 1. The molecule has 0 N–H and O–H groups in total. The Morgan fingerprint density at radius 3 is 2.57 bits per heavy atom. The minimum absolute atomic E-state index is 0.0459. The molecule has 0 saturated heterocycles. The molecular weight excluding hydrogens is 600 g/mol. The first-order valence-corrected chi connectivity index (χ1v) is 15.3. The van der Waals surface area contributed by atoms with Gasteiger partial charge in [-0.05, 0) is 92.3 Å². The molecule has 1 fully saturated rings. The van der Waals surface area contributed by atoms with E-state index in [2.05, 4.69) is 15.2 Å². The van der Waals surface area contributed by atoms with Gasteiger partial charge in [0.05, 0.1) is 23.0 Å². The lowest BCUT2D eigenvalue weighted by molar-refractivity contribution is -0.140. The molecule has 0 amide bonds. The summed E-state index contributed by atoms with van der Waals surface area (Å²) < 4.78 is 86.0. The molecule has 2 atom stereocenters. The van der Waals surface area contributed by atoms with Gasteiger partial charge in [-0.15, -0.1) is 0 Å². The van der Waals surface area contributed by atoms with Crippen LogP contribution in [-0.2, 0) is 23.5 Å². The SMILES string of the molecule is Cc1ccnc(C(=O)[C@]23Cc4cnn(-c5ccc(F)cc5)c4C=C2CC[C@H](N(CC(F)(F)F)S(=O)(=O)c2ccn(C)n2)C3)c1. The van der Waals surface area contributed by atoms with Gasteiger partial charge in [-0.25, -0.2) is 17.5 Å². The Kier molecular flexibility index (Phi) is 7.31. The molecule has 0 aliphatic heterocycles. The van der Waals surface area contributed by atoms with Crippen molar-refractivity contribution in [1.82, 2.24) is 28.9 Å². The van der Waals surface area contributed by atoms with Crippen LogP contribution in [0, 0.1) is 18.2 Å². The highest BCUT2D eigenvalue weighted by Gasteiger charge is 2.53. The molecule has 2 aliphatic rings. The van der Waals surface area contributed by atoms with Crippen LogP contribution in [0.4, 0.5) is 17.6 Å². The van der Waals surface area contributed by atoms with Crippen molar-refractivity contribution >= 4 is 21.9 Å². The van der Waals surface area contributed by atoms with Crippen molar-refractivity contribution in [2.24, 2.45) is 12.5 Å². The number of benzene rings is 1. The third-order valence-electron chi connectivity index (χ3n) is 8.29. The van der Waals surface area contributed by atoms with E-state index in [4.69, 9.17) is 0 Å². The van der Waals surface area contributed by atoms with E-state index in [9.17, 15) is 30.8 Å². The number of ketones is 1. The number of halogens is 4. The smallest absolute Gasteiger partial charge is 0.291 e. The van der Waals surface area contributed by atoms with Gasteiger partial charge in [0, 0.05) is 25.5 Å². The van der Waals surface area contributed by atoms with E-state index in [1.54, 1.807) is 48.1 Å². The van der Waals surface area contributed by atoms with Crippen molar-refractivity contribution in [3.63, 3.8) is 0 Å². The molecule has 0 bridgehead atoms. The number of alkyl halides is 3. The molecule has 3 heterocycles. The number of nitrogens with zero attached hydrogens (tertiary/aromatic N) is 6. The minimum Gasteiger partial charge on any atom is -0.291 e. The number of sulfonamides is 1. The van der Waals surface area contributed by atoms with Gasteiger partial charge in [-0.2, -0.15) is 27.7 Å². The van der Waals surface area contributed by atoms with Crippen LogP contribution in [0.5, 0.6) is 0 Å². The van der Waals surface area contributed by atoms with Crippen LogP contribution in [0.15, 0.2) is 71.7 Å². The average Bonchev–Trinajstić information content (AvgIpc) is 3.60. The van der Waals surface area contributed by atoms with Gasteiger partial charge in [0.2, 0.25) is 0 Å². The van der Waals surface area contributed by atoms with E-state index in [1.165, 1.54) is 36.3 Å². The van der Waals surface area contributed by atoms with Gasteiger partial charge in [-0.1, -0.05) is 5.57 Å². The van der Waals surface area contributed by atoms with Gasteiger partial charge in [0.1, 0.15) is 18.1 Å². The molecule has 1 saturated carbocycles. The lowest BCUT2D eigenvalue weighted by Gasteiger charge is -2.46. The Balaban J connectivity index is 1.46. The highest BCUT2D eigenvalue weighted by Crippen LogP contribution is 2.51. The summed E-state index contributed by atoms with van der Waals surface area (Å²) in [5.74, 6) is -0.815. The summed E-state index contributed by atoms with van der Waals surface area (Å²) in [4.78, 5) is 18.7. The molecule has 0 unspecified atom stereocenters. The van der Waals surface area contributed by atoms with E-state index >= 15 is 0 Å². The van der Waals surface area contributed by atoms with Crippen LogP contribution in [0.3, 0.4) is 0 Å². The van der Waals surface area contributed by atoms with Crippen LogP contribution < -0.4 is 0 Å². The molecule has 4 aromatic rings. The Bertz CT molecular complexity index is 1880. The zero-order chi connectivity index (χ0) is 31.4. The topological polar surface area (TPSA) is 103 Å². The fourth-order valence-electron chi connectivity index (χ4n) is 6.26. The van der Waals surface area contributed by atoms with Crippen LogP contribution in [-0.4, -0.2) is 61.8 Å². The van der Waals surface area contributed by atoms with Gasteiger partial charge in [-0.3, -0.25) is 14.5 Å². The van der Waals surface area contributed by atoms with Crippen molar-refractivity contribution in [1.29, 1.82) is 0 Å². The number of carbonyl (C=O) groups excluding carboxylic acids is 1. The number of rotatable bonds is 7. The predicted molar refractivity (Wildman–Crippen MR) is 152 cm³/mol. The highest BCUT2D eigenvalue weighted by atomic mass is 32.2. The van der Waals surface area contributed by atoms with E-state index in [0.29, 0.717) is 26.8 Å². The minimum atomic E-state index is -4.84. The molecule has 44 heavy (non-hydrogen) atoms. The molecule has 2 aliphatic carbocycles. The van der Waals surface area contributed by atoms with Gasteiger partial charge in [0.25, 0.3) is 10.0 Å². The quantitative estimate of drug-likeness (QED) is 0.209. The lowest BCUT2D eigenvalue weighted by Crippen LogP contribution is -2.52. The maximum Gasteiger partial charge on any atom is 0.402 e. The van der Waals surface area contributed by atoms with Crippen molar-refractivity contribution in [3.8, 4) is 5.69 Å². The van der Waals surface area contributed by atoms with E-state index in [-0.39, 0.29) is 31.4 Å². The number of aryl methyl sites for hydroxylation is 2. The van der Waals surface area contributed by atoms with Gasteiger partial charge >= 0.3 is 6.18 Å². The van der Waals surface area contributed by atoms with Crippen LogP contribution in [0.2, 0.25) is 0 Å². The third-order valence-corrected chi connectivity index (χ3v) is 10.1. The average molecular weight is 629 g/mol. The van der Waals surface area contributed by atoms with Crippen LogP contribution in [0.1, 0.15) is 46.6 Å². The van der Waals surface area contributed by atoms with Crippen molar-refractivity contribution in [3.05, 3.63) is 95.0 Å². The van der Waals surface area contributed by atoms with Crippen molar-refractivity contribution in [2.45, 2.75) is 49.9 Å². The summed E-state index contributed by atoms with van der Waals surface area (Å²) in [5.41, 5.74) is 2.09. The molecule has 0 radical (unpaired) electrons. The fraction of sp³-hybridized carbons (Fsp3) is 0.333. The summed E-state index contributed by atoms with van der Waals surface area (Å²) in [6.07, 6.45) is 1.45. The molecule has 0 spiro atoms. The second kappa shape index (κ2) is 10.8. The second-order valence-electron chi connectivity index (χ2n) is 11.3. The third kappa shape index (κ3) is 5.36. The molecule has 14 heteroatoms. The van der Waals surface area contributed by atoms with Crippen molar-refractivity contribution in [2.75, 3.05) is 6.54 Å². The standard InChI is InChI=1S/C30H28F4N6O3S/c1-19-9-11-35-25(13-19)28(41)29-15-20-17-36-40(23-7-4-22(31)5-8-23)26(20)14-21(29)3-6-24(16-29)39(18-30(32,33)34)44(42,43)27-10-12-38(2)37-27/h4-5,7-14,17,24H,3,6,15-16,18H2,1-2H3/t24-,29-/m0/s1. The fourth-order valence-corrected chi connectivity index (χ4v) is 7.86. The number of carbonyl (C=O) groups is 1. The second-order valence-corrected chi connectivity index (χ2v) is 13.1. The number of aromatic nitrogens is 5. The summed E-state index contributed by atoms with van der Waals surface area (Å²) in [7, 11) is -3.21. The first kappa shape index (κ1) is 29.9. The maximum atomic E-state index is 14.4. The Hall–Kier alpha value is -4.17. The van der Waals surface area contributed by atoms with Crippen molar-refractivity contribution < 1.29 is 30.8 Å². The Labute approximate surface area is 250 Å². The summed E-state index contributed by atoms with van der Waals surface area (Å²) >= 11 is 0. The molecule has 9 nitrogen and oxygen atoms in total. The molecule has 1 aromatic carbocycles. The lowest BCUT2D eigenvalue weighted by atomic mass is 9.60. The monoisotopic (exact) mass is 628 g/mol. The Morgan fingerprint density at radius 2 is 1.91 bits per heavy atom. The van der Waals surface area contributed by atoms with Gasteiger partial charge in [0.15, 0.2) is 10.8 Å². The zero-order valence-corrected chi connectivity index (χ0v) is 24.6. The van der Waals surface area contributed by atoms with Crippen LogP contribution in [0.25, 0.3) is 11.8 Å². The van der Waals surface area contributed by atoms with Gasteiger partial charge < -0.3 is 0 Å². The summed E-state index contributed by atoms with van der Waals surface area (Å²) in [6, 6.07) is 9.08. The maximum absolute atomic E-state index is 14.4. The number of hydrogen-bond donors (Lipinski definition) is 0. The highest BCUT2D eigenvalue weighted by molar-refractivity contribution is 7.89. The number of Topliss-reactive ketones (excluding diaryl/α,β-unsaturated/α-hetero) is 1. The van der Waals surface area contributed by atoms with Crippen LogP contribution >= 0.6 is 0 Å². The number of fused-ring (bicyclic) bond motifs is 2. The van der Waals surface area contributed by atoms with E-state index < -0.39 is 50.8 Å². The Morgan fingerprint density at radius 1 is 1.16 bits per heavy atom. The molecule has 230 valence electrons. The van der Waals surface area contributed by atoms with E-state index in [1.807, 2.05) is 0 Å². The van der Waals surface area contributed by atoms with E-state index in [0.717, 1.165) is 11.6 Å². The summed E-state index contributed by atoms with van der Waals surface area (Å²) in [6.45, 7) is 0.0725.